The molecule has 0 bridgehead atoms. The Kier molecular flexibility index (Phi) is 3.84. The number of hydrogen-bond acceptors (Lipinski definition) is 5. The summed E-state index contributed by atoms with van der Waals surface area (Å²) < 4.78 is 12.4. The van der Waals surface area contributed by atoms with E-state index in [4.69, 9.17) is 20.4 Å². The van der Waals surface area contributed by atoms with Gasteiger partial charge in [-0.1, -0.05) is 23.7 Å². The van der Waals surface area contributed by atoms with Gasteiger partial charge in [0, 0.05) is 10.4 Å². The Hall–Kier alpha value is -3.64. The monoisotopic (exact) mass is 389 g/mol. The predicted octanol–water partition coefficient (Wildman–Crippen LogP) is 4.94. The standard InChI is InChI=1S/C21H12ClN3O3/c22-14-7-8-18-13(10-14)11-19(28-18)20-24-17-6-2-1-5-16(17)21(26)25(20)23-12-15-4-3-9-27-15/h1-12H. The normalized spacial score (nSPS) is 11.8. The third-order valence-corrected chi connectivity index (χ3v) is 4.53. The summed E-state index contributed by atoms with van der Waals surface area (Å²) in [5.74, 6) is 1.22. The molecule has 0 fully saturated rings. The van der Waals surface area contributed by atoms with E-state index in [-0.39, 0.29) is 5.56 Å². The number of rotatable bonds is 3. The molecule has 0 saturated heterocycles. The minimum Gasteiger partial charge on any atom is -0.463 e. The molecule has 0 N–H and O–H groups in total. The van der Waals surface area contributed by atoms with Crippen molar-refractivity contribution in [2.45, 2.75) is 0 Å². The number of hydrogen-bond donors (Lipinski definition) is 0. The van der Waals surface area contributed by atoms with Gasteiger partial charge in [-0.25, -0.2) is 4.98 Å². The van der Waals surface area contributed by atoms with Crippen LogP contribution in [0, 0.1) is 0 Å². The van der Waals surface area contributed by atoms with Gasteiger partial charge in [0.25, 0.3) is 5.56 Å². The lowest BCUT2D eigenvalue weighted by atomic mass is 10.2. The van der Waals surface area contributed by atoms with Crippen molar-refractivity contribution in [1.29, 1.82) is 0 Å². The van der Waals surface area contributed by atoms with E-state index in [1.54, 1.807) is 54.6 Å². The van der Waals surface area contributed by atoms with Crippen LogP contribution in [0.25, 0.3) is 33.5 Å². The van der Waals surface area contributed by atoms with Gasteiger partial charge < -0.3 is 8.83 Å². The van der Waals surface area contributed by atoms with E-state index in [1.165, 1.54) is 17.2 Å². The average molecular weight is 390 g/mol. The first-order chi connectivity index (χ1) is 13.7. The van der Waals surface area contributed by atoms with Crippen LogP contribution in [-0.2, 0) is 0 Å². The highest BCUT2D eigenvalue weighted by Gasteiger charge is 2.16. The Labute approximate surface area is 163 Å². The molecule has 6 nitrogen and oxygen atoms in total. The van der Waals surface area contributed by atoms with Crippen molar-refractivity contribution >= 4 is 39.7 Å². The van der Waals surface area contributed by atoms with Gasteiger partial charge in [-0.05, 0) is 48.5 Å². The molecule has 5 aromatic rings. The first-order valence-electron chi connectivity index (χ1n) is 8.48. The molecule has 0 amide bonds. The van der Waals surface area contributed by atoms with Crippen molar-refractivity contribution in [1.82, 2.24) is 9.66 Å². The van der Waals surface area contributed by atoms with Gasteiger partial charge in [0.1, 0.15) is 11.3 Å². The second-order valence-corrected chi connectivity index (χ2v) is 6.56. The van der Waals surface area contributed by atoms with E-state index in [1.807, 2.05) is 6.07 Å². The van der Waals surface area contributed by atoms with Crippen molar-refractivity contribution < 1.29 is 8.83 Å². The summed E-state index contributed by atoms with van der Waals surface area (Å²) in [5, 5.41) is 6.17. The molecule has 0 aliphatic carbocycles. The maximum atomic E-state index is 13.1. The third kappa shape index (κ3) is 2.80. The van der Waals surface area contributed by atoms with E-state index < -0.39 is 0 Å². The first kappa shape index (κ1) is 16.5. The van der Waals surface area contributed by atoms with Gasteiger partial charge in [-0.3, -0.25) is 4.79 Å². The molecule has 0 spiro atoms. The molecule has 5 rings (SSSR count). The van der Waals surface area contributed by atoms with Crippen LogP contribution in [0.2, 0.25) is 5.02 Å². The zero-order valence-electron chi connectivity index (χ0n) is 14.4. The molecule has 0 saturated carbocycles. The quantitative estimate of drug-likeness (QED) is 0.410. The van der Waals surface area contributed by atoms with Gasteiger partial charge in [0.15, 0.2) is 5.76 Å². The van der Waals surface area contributed by atoms with Crippen LogP contribution in [0.5, 0.6) is 0 Å². The van der Waals surface area contributed by atoms with Crippen molar-refractivity contribution in [3.05, 3.63) is 88.1 Å². The zero-order valence-corrected chi connectivity index (χ0v) is 15.1. The second-order valence-electron chi connectivity index (χ2n) is 6.12. The molecule has 0 aliphatic rings. The number of halogens is 1. The summed E-state index contributed by atoms with van der Waals surface area (Å²) in [7, 11) is 0. The Morgan fingerprint density at radius 3 is 2.82 bits per heavy atom. The van der Waals surface area contributed by atoms with Gasteiger partial charge in [-0.15, -0.1) is 0 Å². The predicted molar refractivity (Wildman–Crippen MR) is 108 cm³/mol. The summed E-state index contributed by atoms with van der Waals surface area (Å²) in [6.07, 6.45) is 2.99. The van der Waals surface area contributed by atoms with E-state index in [0.29, 0.717) is 38.9 Å². The van der Waals surface area contributed by atoms with Crippen LogP contribution in [0.3, 0.4) is 0 Å². The highest BCUT2D eigenvalue weighted by atomic mass is 35.5. The van der Waals surface area contributed by atoms with E-state index in [9.17, 15) is 4.79 Å². The van der Waals surface area contributed by atoms with Crippen molar-refractivity contribution in [3.8, 4) is 11.6 Å². The lowest BCUT2D eigenvalue weighted by Crippen LogP contribution is -2.20. The topological polar surface area (TPSA) is 73.5 Å². The van der Waals surface area contributed by atoms with Crippen LogP contribution in [0.4, 0.5) is 0 Å². The second kappa shape index (κ2) is 6.51. The van der Waals surface area contributed by atoms with Crippen LogP contribution < -0.4 is 5.56 Å². The summed E-state index contributed by atoms with van der Waals surface area (Å²) in [5.41, 5.74) is 0.899. The average Bonchev–Trinajstić information content (AvgIpc) is 3.36. The van der Waals surface area contributed by atoms with Crippen LogP contribution in [0.15, 0.2) is 85.7 Å². The molecule has 0 aliphatic heterocycles. The Balaban J connectivity index is 1.77. The van der Waals surface area contributed by atoms with Crippen LogP contribution in [0.1, 0.15) is 5.76 Å². The summed E-state index contributed by atoms with van der Waals surface area (Å²) in [4.78, 5) is 17.7. The van der Waals surface area contributed by atoms with Crippen molar-refractivity contribution in [3.63, 3.8) is 0 Å². The number of furan rings is 2. The Morgan fingerprint density at radius 2 is 1.96 bits per heavy atom. The zero-order chi connectivity index (χ0) is 19.1. The summed E-state index contributed by atoms with van der Waals surface area (Å²) in [6, 6.07) is 17.7. The summed E-state index contributed by atoms with van der Waals surface area (Å²) >= 11 is 6.07. The maximum absolute atomic E-state index is 13.1. The fourth-order valence-electron chi connectivity index (χ4n) is 2.99. The van der Waals surface area contributed by atoms with Gasteiger partial charge in [-0.2, -0.15) is 9.78 Å². The van der Waals surface area contributed by atoms with Gasteiger partial charge in [0.05, 0.1) is 23.4 Å². The first-order valence-corrected chi connectivity index (χ1v) is 8.86. The molecule has 0 unspecified atom stereocenters. The molecule has 0 radical (unpaired) electrons. The number of benzene rings is 2. The van der Waals surface area contributed by atoms with E-state index in [2.05, 4.69) is 10.1 Å². The highest BCUT2D eigenvalue weighted by molar-refractivity contribution is 6.31. The molecule has 0 atom stereocenters. The van der Waals surface area contributed by atoms with Crippen LogP contribution >= 0.6 is 11.6 Å². The van der Waals surface area contributed by atoms with Crippen molar-refractivity contribution in [2.75, 3.05) is 0 Å². The molecule has 2 aromatic carbocycles. The maximum Gasteiger partial charge on any atom is 0.282 e. The fourth-order valence-corrected chi connectivity index (χ4v) is 3.17. The van der Waals surface area contributed by atoms with E-state index >= 15 is 0 Å². The Morgan fingerprint density at radius 1 is 1.07 bits per heavy atom. The molecule has 7 heteroatoms. The van der Waals surface area contributed by atoms with Gasteiger partial charge in [0.2, 0.25) is 5.82 Å². The smallest absolute Gasteiger partial charge is 0.282 e. The number of para-hydroxylation sites is 1. The molecular weight excluding hydrogens is 378 g/mol. The van der Waals surface area contributed by atoms with Crippen LogP contribution in [-0.4, -0.2) is 15.9 Å². The molecule has 136 valence electrons. The number of aromatic nitrogens is 2. The number of nitrogens with zero attached hydrogens (tertiary/aromatic N) is 3. The largest absolute Gasteiger partial charge is 0.463 e. The molecule has 28 heavy (non-hydrogen) atoms. The summed E-state index contributed by atoms with van der Waals surface area (Å²) in [6.45, 7) is 0. The van der Waals surface area contributed by atoms with E-state index in [0.717, 1.165) is 5.39 Å². The molecule has 3 heterocycles. The highest BCUT2D eigenvalue weighted by Crippen LogP contribution is 2.29. The molecule has 3 aromatic heterocycles. The van der Waals surface area contributed by atoms with Crippen molar-refractivity contribution in [2.24, 2.45) is 5.10 Å². The minimum absolute atomic E-state index is 0.291. The SMILES string of the molecule is O=c1c2ccccc2nc(-c2cc3cc(Cl)ccc3o2)n1N=Cc1ccco1. The Bertz CT molecular complexity index is 1400. The fraction of sp³-hybridized carbons (Fsp3) is 0. The number of fused-ring (bicyclic) bond motifs is 2. The third-order valence-electron chi connectivity index (χ3n) is 4.30. The van der Waals surface area contributed by atoms with Gasteiger partial charge >= 0.3 is 0 Å². The molecular formula is C21H12ClN3O3. The lowest BCUT2D eigenvalue weighted by molar-refractivity contribution is 0.559. The lowest BCUT2D eigenvalue weighted by Gasteiger charge is -2.06. The minimum atomic E-state index is -0.304.